The van der Waals surface area contributed by atoms with Crippen LogP contribution in [0.25, 0.3) is 0 Å². The lowest BCUT2D eigenvalue weighted by Gasteiger charge is -2.32. The molecular formula is C21H30N6O2. The number of carbonyl (C=O) groups is 1. The highest BCUT2D eigenvalue weighted by Crippen LogP contribution is 2.28. The fourth-order valence-corrected chi connectivity index (χ4v) is 4.01. The standard InChI is InChI=1S/C21H30N6O2/c1-2-18-15-19(26-11-13-29-14-12-26)24-21(23-18)17-3-8-27(9-4-17)20(28)5-7-25-10-6-22-16-25/h6,10,15-17H,2-5,7-9,11-14H2,1H3. The number of hydrogen-bond donors (Lipinski definition) is 0. The maximum atomic E-state index is 12.5. The van der Waals surface area contributed by atoms with Crippen LogP contribution in [0.3, 0.4) is 0 Å². The molecule has 0 radical (unpaired) electrons. The number of ether oxygens (including phenoxy) is 1. The number of piperidine rings is 1. The molecule has 2 aliphatic heterocycles. The summed E-state index contributed by atoms with van der Waals surface area (Å²) in [5.41, 5.74) is 1.09. The predicted octanol–water partition coefficient (Wildman–Crippen LogP) is 1.87. The van der Waals surface area contributed by atoms with E-state index < -0.39 is 0 Å². The van der Waals surface area contributed by atoms with Gasteiger partial charge in [-0.25, -0.2) is 15.0 Å². The molecule has 1 amide bonds. The van der Waals surface area contributed by atoms with Crippen molar-refractivity contribution < 1.29 is 9.53 Å². The van der Waals surface area contributed by atoms with Crippen LogP contribution in [0.2, 0.25) is 0 Å². The van der Waals surface area contributed by atoms with Gasteiger partial charge in [0.25, 0.3) is 0 Å². The number of aryl methyl sites for hydroxylation is 2. The number of aromatic nitrogens is 4. The minimum absolute atomic E-state index is 0.217. The van der Waals surface area contributed by atoms with E-state index in [0.29, 0.717) is 18.9 Å². The van der Waals surface area contributed by atoms with Crippen molar-refractivity contribution in [3.8, 4) is 0 Å². The summed E-state index contributed by atoms with van der Waals surface area (Å²) < 4.78 is 7.42. The molecule has 2 saturated heterocycles. The van der Waals surface area contributed by atoms with Crippen LogP contribution >= 0.6 is 0 Å². The lowest BCUT2D eigenvalue weighted by molar-refractivity contribution is -0.132. The molecule has 0 aromatic carbocycles. The van der Waals surface area contributed by atoms with Gasteiger partial charge in [0, 0.05) is 69.2 Å². The molecule has 0 bridgehead atoms. The average molecular weight is 399 g/mol. The quantitative estimate of drug-likeness (QED) is 0.739. The van der Waals surface area contributed by atoms with Crippen molar-refractivity contribution in [1.82, 2.24) is 24.4 Å². The lowest BCUT2D eigenvalue weighted by atomic mass is 9.95. The monoisotopic (exact) mass is 398 g/mol. The van der Waals surface area contributed by atoms with E-state index in [1.165, 1.54) is 0 Å². The van der Waals surface area contributed by atoms with Crippen LogP contribution in [0.4, 0.5) is 5.82 Å². The highest BCUT2D eigenvalue weighted by atomic mass is 16.5. The molecule has 2 fully saturated rings. The van der Waals surface area contributed by atoms with E-state index >= 15 is 0 Å². The predicted molar refractivity (Wildman–Crippen MR) is 110 cm³/mol. The molecule has 2 aromatic rings. The van der Waals surface area contributed by atoms with Crippen LogP contribution in [-0.2, 0) is 22.5 Å². The third kappa shape index (κ3) is 4.93. The van der Waals surface area contributed by atoms with Crippen molar-refractivity contribution in [3.63, 3.8) is 0 Å². The number of anilines is 1. The van der Waals surface area contributed by atoms with E-state index in [4.69, 9.17) is 14.7 Å². The molecule has 4 heterocycles. The average Bonchev–Trinajstić information content (AvgIpc) is 3.31. The second-order valence-corrected chi connectivity index (χ2v) is 7.73. The van der Waals surface area contributed by atoms with E-state index in [2.05, 4.69) is 22.9 Å². The van der Waals surface area contributed by atoms with Gasteiger partial charge < -0.3 is 19.1 Å². The first-order valence-electron chi connectivity index (χ1n) is 10.7. The molecule has 2 aliphatic rings. The Bertz CT molecular complexity index is 796. The molecule has 2 aromatic heterocycles. The molecule has 29 heavy (non-hydrogen) atoms. The van der Waals surface area contributed by atoms with Gasteiger partial charge in [0.15, 0.2) is 0 Å². The van der Waals surface area contributed by atoms with Crippen LogP contribution in [0, 0.1) is 0 Å². The Balaban J connectivity index is 1.36. The summed E-state index contributed by atoms with van der Waals surface area (Å²) in [5, 5.41) is 0. The van der Waals surface area contributed by atoms with Crippen LogP contribution in [0.1, 0.15) is 43.6 Å². The van der Waals surface area contributed by atoms with Gasteiger partial charge in [-0.15, -0.1) is 0 Å². The Hall–Kier alpha value is -2.48. The Morgan fingerprint density at radius 2 is 1.97 bits per heavy atom. The van der Waals surface area contributed by atoms with Gasteiger partial charge in [-0.1, -0.05) is 6.92 Å². The highest BCUT2D eigenvalue weighted by molar-refractivity contribution is 5.76. The first kappa shape index (κ1) is 19.8. The molecule has 0 unspecified atom stereocenters. The van der Waals surface area contributed by atoms with E-state index in [0.717, 1.165) is 76.0 Å². The second-order valence-electron chi connectivity index (χ2n) is 7.73. The van der Waals surface area contributed by atoms with Crippen molar-refractivity contribution in [3.05, 3.63) is 36.3 Å². The van der Waals surface area contributed by atoms with Crippen molar-refractivity contribution in [2.45, 2.75) is 45.1 Å². The topological polar surface area (TPSA) is 76.4 Å². The smallest absolute Gasteiger partial charge is 0.224 e. The van der Waals surface area contributed by atoms with Crippen molar-refractivity contribution >= 4 is 11.7 Å². The van der Waals surface area contributed by atoms with Crippen LogP contribution in [0.15, 0.2) is 24.8 Å². The summed E-state index contributed by atoms with van der Waals surface area (Å²) >= 11 is 0. The van der Waals surface area contributed by atoms with Gasteiger partial charge in [-0.3, -0.25) is 4.79 Å². The summed E-state index contributed by atoms with van der Waals surface area (Å²) in [6, 6.07) is 2.11. The molecule has 156 valence electrons. The Kier molecular flexibility index (Phi) is 6.39. The Morgan fingerprint density at radius 3 is 2.66 bits per heavy atom. The minimum atomic E-state index is 0.217. The number of carbonyl (C=O) groups excluding carboxylic acids is 1. The molecule has 0 spiro atoms. The van der Waals surface area contributed by atoms with E-state index in [9.17, 15) is 4.79 Å². The SMILES string of the molecule is CCc1cc(N2CCOCC2)nc(C2CCN(C(=O)CCn3ccnc3)CC2)n1. The van der Waals surface area contributed by atoms with E-state index in [1.807, 2.05) is 15.7 Å². The summed E-state index contributed by atoms with van der Waals surface area (Å²) in [6.45, 7) is 7.63. The molecule has 4 rings (SSSR count). The Morgan fingerprint density at radius 1 is 1.17 bits per heavy atom. The van der Waals surface area contributed by atoms with Crippen molar-refractivity contribution in [2.75, 3.05) is 44.3 Å². The van der Waals surface area contributed by atoms with Gasteiger partial charge in [-0.05, 0) is 19.3 Å². The molecule has 0 atom stereocenters. The van der Waals surface area contributed by atoms with Crippen molar-refractivity contribution in [2.24, 2.45) is 0 Å². The van der Waals surface area contributed by atoms with Gasteiger partial charge in [-0.2, -0.15) is 0 Å². The molecule has 0 N–H and O–H groups in total. The maximum Gasteiger partial charge on any atom is 0.224 e. The fourth-order valence-electron chi connectivity index (χ4n) is 4.01. The second kappa shape index (κ2) is 9.35. The van der Waals surface area contributed by atoms with Crippen LogP contribution in [0.5, 0.6) is 0 Å². The number of imidazole rings is 1. The minimum Gasteiger partial charge on any atom is -0.378 e. The molecule has 8 heteroatoms. The van der Waals surface area contributed by atoms with Gasteiger partial charge in [0.05, 0.1) is 19.5 Å². The fraction of sp³-hybridized carbons (Fsp3) is 0.619. The van der Waals surface area contributed by atoms with E-state index in [-0.39, 0.29) is 5.91 Å². The number of rotatable bonds is 6. The first-order valence-corrected chi connectivity index (χ1v) is 10.7. The maximum absolute atomic E-state index is 12.5. The zero-order chi connectivity index (χ0) is 20.1. The first-order chi connectivity index (χ1) is 14.2. The van der Waals surface area contributed by atoms with Crippen LogP contribution < -0.4 is 4.90 Å². The number of amides is 1. The summed E-state index contributed by atoms with van der Waals surface area (Å²) in [4.78, 5) is 30.6. The molecule has 0 aliphatic carbocycles. The zero-order valence-corrected chi connectivity index (χ0v) is 17.2. The Labute approximate surface area is 171 Å². The highest BCUT2D eigenvalue weighted by Gasteiger charge is 2.26. The number of nitrogens with zero attached hydrogens (tertiary/aromatic N) is 6. The van der Waals surface area contributed by atoms with E-state index in [1.54, 1.807) is 12.5 Å². The van der Waals surface area contributed by atoms with Gasteiger partial charge >= 0.3 is 0 Å². The van der Waals surface area contributed by atoms with Crippen molar-refractivity contribution in [1.29, 1.82) is 0 Å². The lowest BCUT2D eigenvalue weighted by Crippen LogP contribution is -2.39. The third-order valence-electron chi connectivity index (χ3n) is 5.84. The summed E-state index contributed by atoms with van der Waals surface area (Å²) in [7, 11) is 0. The normalized spacial score (nSPS) is 18.2. The number of morpholine rings is 1. The molecule has 8 nitrogen and oxygen atoms in total. The molecular weight excluding hydrogens is 368 g/mol. The third-order valence-corrected chi connectivity index (χ3v) is 5.84. The van der Waals surface area contributed by atoms with Gasteiger partial charge in [0.1, 0.15) is 11.6 Å². The number of hydrogen-bond acceptors (Lipinski definition) is 6. The summed E-state index contributed by atoms with van der Waals surface area (Å²) in [6.07, 6.45) is 8.65. The largest absolute Gasteiger partial charge is 0.378 e. The zero-order valence-electron chi connectivity index (χ0n) is 17.2. The number of likely N-dealkylation sites (tertiary alicyclic amines) is 1. The van der Waals surface area contributed by atoms with Crippen LogP contribution in [-0.4, -0.2) is 69.7 Å². The van der Waals surface area contributed by atoms with Gasteiger partial charge in [0.2, 0.25) is 5.91 Å². The summed E-state index contributed by atoms with van der Waals surface area (Å²) in [5.74, 6) is 2.50. The molecule has 0 saturated carbocycles.